The molecule has 22 heteroatoms. The van der Waals surface area contributed by atoms with Crippen molar-refractivity contribution in [1.29, 1.82) is 0 Å². The van der Waals surface area contributed by atoms with Crippen LogP contribution >= 0.6 is 0 Å². The summed E-state index contributed by atoms with van der Waals surface area (Å²) < 4.78 is 38.4. The van der Waals surface area contributed by atoms with Crippen molar-refractivity contribution >= 4 is 16.9 Å². The van der Waals surface area contributed by atoms with E-state index in [1.807, 2.05) is 156 Å². The van der Waals surface area contributed by atoms with Gasteiger partial charge in [-0.1, -0.05) is 286 Å². The van der Waals surface area contributed by atoms with Crippen LogP contribution in [0.15, 0.2) is 219 Å². The first kappa shape index (κ1) is 107. The molecule has 18 aromatic rings. The number of ether oxygens (including phenoxy) is 4. The molecule has 0 N–H and O–H groups in total. The molecule has 12 aromatic heterocycles. The maximum absolute atomic E-state index is 6.64. The van der Waals surface area contributed by atoms with E-state index in [0.717, 1.165) is 147 Å². The zero-order valence-corrected chi connectivity index (χ0v) is 93.9. The number of aryl methyl sites for hydroxylation is 3. The van der Waals surface area contributed by atoms with Crippen LogP contribution in [0.4, 0.5) is 0 Å². The number of imidazole rings is 3. The van der Waals surface area contributed by atoms with Crippen molar-refractivity contribution in [2.24, 2.45) is 0 Å². The second-order valence-corrected chi connectivity index (χ2v) is 41.8. The van der Waals surface area contributed by atoms with Crippen molar-refractivity contribution in [3.8, 4) is 108 Å². The number of hydrogen-bond donors (Lipinski definition) is 0. The van der Waals surface area contributed by atoms with Crippen LogP contribution in [-0.2, 0) is 84.9 Å². The Labute approximate surface area is 882 Å². The molecule has 0 unspecified atom stereocenters. The summed E-state index contributed by atoms with van der Waals surface area (Å²) in [4.78, 5) is 29.7. The van der Waals surface area contributed by atoms with E-state index in [9.17, 15) is 0 Å². The number of fused-ring (bicyclic) bond motifs is 3. The van der Waals surface area contributed by atoms with Crippen LogP contribution in [0.25, 0.3) is 78.6 Å². The van der Waals surface area contributed by atoms with Gasteiger partial charge in [0.1, 0.15) is 0 Å². The quantitative estimate of drug-likeness (QED) is 0.0552. The standard InChI is InChI=1S/C42H47N5O.C39H41N5O2.C39H41N5O.3Pt/c1-26(2)38-39(27(3)4)46-25-34(24-35(40(46)44-38)42(10,11)36-22-31(20-21-43-36)41(7,8)9)48-33-19-15-18-32(23-33)47-29(6)37(28(5)45-47)30-16-13-12-14-17-30;1-24(2)36-37(25(3)4)43-23-32(22-33(38(43)41-36)46-34-20-29(18-19-40-34)39(7,8)9)45-31-17-13-16-30(21-31)44-27(6)35(26(5)42-44)28-14-11-10-12-15-28;1-24(2)36-37(25(3)4)43-23-32(22-33(38(43)41-36)34-20-29(18-19-40-34)39(7,8)9)45-31-17-13-16-30(21-31)44-27(6)35(26(5)42-44)28-14-11-10-12-15-28;;;/h12-22,25-27H,1-11H3;10-20,23-25H,1-9H3;10-20,23-25H,1-9H3;;;/q3*-2;3*+2. The maximum Gasteiger partial charge on any atom is 2.00 e. The van der Waals surface area contributed by atoms with Crippen LogP contribution in [0.3, 0.4) is 0 Å². The van der Waals surface area contributed by atoms with Gasteiger partial charge < -0.3 is 37.1 Å². The first-order valence-corrected chi connectivity index (χ1v) is 48.5. The molecule has 0 saturated carbocycles. The van der Waals surface area contributed by atoms with Crippen LogP contribution in [0.1, 0.15) is 291 Å². The van der Waals surface area contributed by atoms with E-state index in [4.69, 9.17) is 59.2 Å². The third kappa shape index (κ3) is 22.5. The molecule has 0 fully saturated rings. The van der Waals surface area contributed by atoms with E-state index >= 15 is 0 Å². The van der Waals surface area contributed by atoms with Crippen LogP contribution in [0, 0.1) is 77.9 Å². The van der Waals surface area contributed by atoms with Gasteiger partial charge in [-0.25, -0.2) is 4.98 Å². The van der Waals surface area contributed by atoms with Gasteiger partial charge >= 0.3 is 63.2 Å². The van der Waals surface area contributed by atoms with Crippen LogP contribution in [0.2, 0.25) is 0 Å². The number of aromatic nitrogens is 15. The van der Waals surface area contributed by atoms with Gasteiger partial charge in [0.05, 0.1) is 45.6 Å². The summed E-state index contributed by atoms with van der Waals surface area (Å²) in [6.07, 6.45) is 11.5. The topological polar surface area (TPSA) is 181 Å². The number of rotatable bonds is 23. The Hall–Kier alpha value is -12.3. The van der Waals surface area contributed by atoms with E-state index in [1.165, 1.54) is 22.5 Å². The van der Waals surface area contributed by atoms with Gasteiger partial charge in [0.25, 0.3) is 0 Å². The summed E-state index contributed by atoms with van der Waals surface area (Å²) >= 11 is 0. The van der Waals surface area contributed by atoms with E-state index in [0.29, 0.717) is 51.8 Å². The molecule has 0 saturated heterocycles. The Morgan fingerprint density at radius 3 is 1.04 bits per heavy atom. The molecular weight excluding hydrogens is 2300 g/mol. The van der Waals surface area contributed by atoms with Gasteiger partial charge in [0.15, 0.2) is 0 Å². The molecule has 12 heterocycles. The molecule has 738 valence electrons. The summed E-state index contributed by atoms with van der Waals surface area (Å²) in [6.45, 7) is 63.0. The van der Waals surface area contributed by atoms with Gasteiger partial charge in [0, 0.05) is 132 Å². The summed E-state index contributed by atoms with van der Waals surface area (Å²) in [7, 11) is 0. The zero-order valence-electron chi connectivity index (χ0n) is 87.0. The van der Waals surface area contributed by atoms with Crippen molar-refractivity contribution < 1.29 is 82.1 Å². The van der Waals surface area contributed by atoms with Crippen molar-refractivity contribution in [2.75, 3.05) is 0 Å². The fraction of sp³-hybridized carbons (Fsp3) is 0.325. The summed E-state index contributed by atoms with van der Waals surface area (Å²) in [5.74, 6) is 5.77. The van der Waals surface area contributed by atoms with Crippen LogP contribution < -0.4 is 18.9 Å². The first-order chi connectivity index (χ1) is 66.0. The smallest absolute Gasteiger partial charge is 0.508 e. The van der Waals surface area contributed by atoms with Gasteiger partial charge in [0.2, 0.25) is 5.88 Å². The second-order valence-electron chi connectivity index (χ2n) is 41.8. The Kier molecular flexibility index (Phi) is 32.8. The van der Waals surface area contributed by atoms with E-state index in [2.05, 4.69) is 326 Å². The molecule has 0 aliphatic rings. The average molecular weight is 2430 g/mol. The summed E-state index contributed by atoms with van der Waals surface area (Å²) in [5.41, 5.74) is 30.8. The number of benzene rings is 6. The molecule has 0 atom stereocenters. The van der Waals surface area contributed by atoms with Gasteiger partial charge in [-0.3, -0.25) is 34.0 Å². The van der Waals surface area contributed by atoms with Crippen molar-refractivity contribution in [3.05, 3.63) is 352 Å². The fourth-order valence-corrected chi connectivity index (χ4v) is 18.5. The Morgan fingerprint density at radius 1 is 0.310 bits per heavy atom. The first-order valence-electron chi connectivity index (χ1n) is 48.5. The minimum atomic E-state index is -0.515. The van der Waals surface area contributed by atoms with Crippen LogP contribution in [-0.4, -0.2) is 72.4 Å². The predicted molar refractivity (Wildman–Crippen MR) is 559 cm³/mol. The predicted octanol–water partition coefficient (Wildman–Crippen LogP) is 30.2. The largest absolute Gasteiger partial charge is 2.00 e. The maximum atomic E-state index is 6.64. The summed E-state index contributed by atoms with van der Waals surface area (Å²) in [5, 5.41) is 14.6. The van der Waals surface area contributed by atoms with Crippen LogP contribution in [0.5, 0.6) is 46.1 Å². The minimum Gasteiger partial charge on any atom is -0.508 e. The molecule has 18 rings (SSSR count). The second kappa shape index (κ2) is 43.5. The molecular formula is C120H129N15O4Pt3. The van der Waals surface area contributed by atoms with Gasteiger partial charge in [-0.15, -0.1) is 66.2 Å². The molecule has 19 nitrogen and oxygen atoms in total. The number of hydrogen-bond acceptors (Lipinski definition) is 13. The van der Waals surface area contributed by atoms with Gasteiger partial charge in [-0.2, -0.15) is 33.5 Å². The van der Waals surface area contributed by atoms with Crippen molar-refractivity contribution in [1.82, 2.24) is 72.4 Å². The average Bonchev–Trinajstić information content (AvgIpc) is 1.57. The van der Waals surface area contributed by atoms with Crippen molar-refractivity contribution in [3.63, 3.8) is 0 Å². The Morgan fingerprint density at radius 2 is 0.648 bits per heavy atom. The minimum absolute atomic E-state index is 0. The Bertz CT molecular complexity index is 7520. The third-order valence-corrected chi connectivity index (χ3v) is 25.6. The molecule has 0 radical (unpaired) electrons. The van der Waals surface area contributed by atoms with E-state index < -0.39 is 5.41 Å². The molecule has 0 amide bonds. The fourth-order valence-electron chi connectivity index (χ4n) is 18.5. The zero-order chi connectivity index (χ0) is 99.3. The van der Waals surface area contributed by atoms with Crippen molar-refractivity contribution in [2.45, 2.75) is 258 Å². The molecule has 0 spiro atoms. The monoisotopic (exact) mass is 2430 g/mol. The molecule has 0 aliphatic carbocycles. The normalized spacial score (nSPS) is 11.9. The van der Waals surface area contributed by atoms with E-state index in [1.54, 1.807) is 6.20 Å². The van der Waals surface area contributed by atoms with Gasteiger partial charge in [-0.05, 0) is 180 Å². The third-order valence-electron chi connectivity index (χ3n) is 25.6. The molecule has 142 heavy (non-hydrogen) atoms. The molecule has 0 bridgehead atoms. The molecule has 0 aliphatic heterocycles. The molecule has 6 aromatic carbocycles. The Balaban J connectivity index is 0.000000177. The SMILES string of the molecule is Cc1nn(-c2[c-]c(Oc3[c-]c(-c4cc(C(C)(C)C)ccn4)c4nc(C(C)C)c(C(C)C)n4c3)ccc2)c(C)c1-c1ccccc1.Cc1nn(-c2[c-]c(Oc3[c-]c(C(C)(C)c4cc(C(C)(C)C)ccn4)c4nc(C(C)C)c(C(C)C)n4c3)ccc2)c(C)c1-c1ccccc1.Cc1nn(-c2[c-]c(Oc3[c-]c(Oc4cc(C(C)(C)C)ccn4)c4nc(C(C)C)c(C(C)C)n4c3)ccc2)c(C)c1-c1ccccc1.[Pt+2].[Pt+2].[Pt+2]. The summed E-state index contributed by atoms with van der Waals surface area (Å²) in [6, 6.07) is 82.2. The number of pyridine rings is 6. The number of nitrogens with zero attached hydrogens (tertiary/aromatic N) is 15. The van der Waals surface area contributed by atoms with E-state index in [-0.39, 0.29) is 115 Å².